The molecule has 1 aliphatic rings. The predicted octanol–water partition coefficient (Wildman–Crippen LogP) is 2.73. The average molecular weight is 394 g/mol. The van der Waals surface area contributed by atoms with Crippen LogP contribution in [0, 0.1) is 12.3 Å². The lowest BCUT2D eigenvalue weighted by molar-refractivity contribution is 0.198. The Kier molecular flexibility index (Phi) is 12.0. The number of hydrogen-bond acceptors (Lipinski definition) is 4. The van der Waals surface area contributed by atoms with Crippen molar-refractivity contribution in [2.24, 2.45) is 0 Å². The van der Waals surface area contributed by atoms with E-state index in [1.54, 1.807) is 12.1 Å². The second-order valence-corrected chi connectivity index (χ2v) is 4.87. The molecule has 0 aliphatic carbocycles. The van der Waals surface area contributed by atoms with Crippen LogP contribution in [0.2, 0.25) is 0 Å². The molecular formula is C13H18Br2N2O2. The fourth-order valence-corrected chi connectivity index (χ4v) is 1.45. The van der Waals surface area contributed by atoms with E-state index in [2.05, 4.69) is 42.8 Å². The predicted molar refractivity (Wildman–Crippen MR) is 85.0 cm³/mol. The van der Waals surface area contributed by atoms with Crippen LogP contribution in [-0.2, 0) is 11.3 Å². The van der Waals surface area contributed by atoms with Gasteiger partial charge in [-0.25, -0.2) is 4.98 Å². The number of aliphatic hydroxyl groups is 1. The molecule has 19 heavy (non-hydrogen) atoms. The van der Waals surface area contributed by atoms with Gasteiger partial charge in [0, 0.05) is 18.8 Å². The minimum absolute atomic E-state index is 0.0634. The molecule has 0 radical (unpaired) electrons. The van der Waals surface area contributed by atoms with Crippen molar-refractivity contribution in [2.75, 3.05) is 24.3 Å². The Labute approximate surface area is 131 Å². The Balaban J connectivity index is 0.000000300. The molecule has 106 valence electrons. The molecule has 1 aliphatic heterocycles. The summed E-state index contributed by atoms with van der Waals surface area (Å²) < 4.78 is 5.63. The van der Waals surface area contributed by atoms with Gasteiger partial charge in [-0.15, -0.1) is 6.42 Å². The van der Waals surface area contributed by atoms with Crippen molar-refractivity contribution >= 4 is 37.7 Å². The minimum atomic E-state index is -0.0634. The highest BCUT2D eigenvalue weighted by Gasteiger charge is 1.97. The number of terminal acetylenes is 1. The monoisotopic (exact) mass is 392 g/mol. The molecule has 4 nitrogen and oxygen atoms in total. The summed E-state index contributed by atoms with van der Waals surface area (Å²) in [4.78, 5) is 3.88. The average Bonchev–Trinajstić information content (AvgIpc) is 2.98. The van der Waals surface area contributed by atoms with Gasteiger partial charge in [0.15, 0.2) is 0 Å². The molecule has 1 aromatic rings. The van der Waals surface area contributed by atoms with Crippen molar-refractivity contribution < 1.29 is 9.84 Å². The number of ether oxygens (including phenoxy) is 1. The second-order valence-electron chi connectivity index (χ2n) is 3.49. The van der Waals surface area contributed by atoms with Gasteiger partial charge in [-0.2, -0.15) is 0 Å². The number of aromatic nitrogens is 1. The van der Waals surface area contributed by atoms with Crippen molar-refractivity contribution in [1.29, 1.82) is 0 Å². The highest BCUT2D eigenvalue weighted by atomic mass is 79.9. The van der Waals surface area contributed by atoms with Gasteiger partial charge in [0.2, 0.25) is 0 Å². The van der Waals surface area contributed by atoms with Gasteiger partial charge in [0.05, 0.1) is 11.9 Å². The van der Waals surface area contributed by atoms with Crippen molar-refractivity contribution in [3.05, 3.63) is 22.3 Å². The van der Waals surface area contributed by atoms with Gasteiger partial charge in [0.25, 0.3) is 0 Å². The van der Waals surface area contributed by atoms with Crippen LogP contribution in [0.15, 0.2) is 16.7 Å². The maximum absolute atomic E-state index is 8.67. The van der Waals surface area contributed by atoms with Crippen LogP contribution in [0.3, 0.4) is 0 Å². The topological polar surface area (TPSA) is 68.4 Å². The molecule has 0 unspecified atom stereocenters. The quantitative estimate of drug-likeness (QED) is 0.437. The third-order valence-electron chi connectivity index (χ3n) is 2.05. The lowest BCUT2D eigenvalue weighted by Crippen LogP contribution is -1.96. The van der Waals surface area contributed by atoms with Gasteiger partial charge in [-0.3, -0.25) is 0 Å². The Hall–Kier alpha value is -0.610. The van der Waals surface area contributed by atoms with Gasteiger partial charge in [0.1, 0.15) is 10.4 Å². The first-order valence-corrected chi connectivity index (χ1v) is 7.66. The number of hydrogen-bond donors (Lipinski definition) is 2. The summed E-state index contributed by atoms with van der Waals surface area (Å²) >= 11 is 6.16. The van der Waals surface area contributed by atoms with Crippen molar-refractivity contribution in [3.63, 3.8) is 0 Å². The summed E-state index contributed by atoms with van der Waals surface area (Å²) in [5, 5.41) is 9.33. The number of anilines is 1. The van der Waals surface area contributed by atoms with Crippen LogP contribution in [0.4, 0.5) is 5.82 Å². The maximum atomic E-state index is 8.67. The molecule has 3 N–H and O–H groups in total. The molecule has 2 heterocycles. The molecule has 1 saturated heterocycles. The van der Waals surface area contributed by atoms with Crippen LogP contribution < -0.4 is 5.73 Å². The van der Waals surface area contributed by atoms with Crippen LogP contribution in [-0.4, -0.2) is 28.6 Å². The Morgan fingerprint density at radius 1 is 1.42 bits per heavy atom. The maximum Gasteiger partial charge on any atom is 0.130 e. The SMILES string of the molecule is C#CCBr.C1CCOC1.Nc1nc(Br)ccc1CO. The molecule has 0 aromatic carbocycles. The summed E-state index contributed by atoms with van der Waals surface area (Å²) in [7, 11) is 0. The van der Waals surface area contributed by atoms with Crippen LogP contribution >= 0.6 is 31.9 Å². The molecule has 6 heteroatoms. The van der Waals surface area contributed by atoms with Gasteiger partial charge < -0.3 is 15.6 Å². The number of aliphatic hydroxyl groups excluding tert-OH is 1. The van der Waals surface area contributed by atoms with E-state index >= 15 is 0 Å². The van der Waals surface area contributed by atoms with E-state index in [-0.39, 0.29) is 6.61 Å². The first-order chi connectivity index (χ1) is 9.15. The summed E-state index contributed by atoms with van der Waals surface area (Å²) in [6, 6.07) is 3.47. The first-order valence-electron chi connectivity index (χ1n) is 5.74. The Bertz CT molecular complexity index is 383. The molecule has 2 rings (SSSR count). The largest absolute Gasteiger partial charge is 0.392 e. The number of nitrogen functional groups attached to an aromatic ring is 1. The summed E-state index contributed by atoms with van der Waals surface area (Å²) in [6.07, 6.45) is 7.29. The fraction of sp³-hybridized carbons (Fsp3) is 0.462. The number of pyridine rings is 1. The minimum Gasteiger partial charge on any atom is -0.392 e. The zero-order chi connectivity index (χ0) is 14.5. The van der Waals surface area contributed by atoms with Gasteiger partial charge >= 0.3 is 0 Å². The summed E-state index contributed by atoms with van der Waals surface area (Å²) in [6.45, 7) is 1.94. The second kappa shape index (κ2) is 12.4. The molecular weight excluding hydrogens is 376 g/mol. The van der Waals surface area contributed by atoms with Crippen LogP contribution in [0.1, 0.15) is 18.4 Å². The van der Waals surface area contributed by atoms with Crippen molar-refractivity contribution in [2.45, 2.75) is 19.4 Å². The van der Waals surface area contributed by atoms with Crippen LogP contribution in [0.5, 0.6) is 0 Å². The Morgan fingerprint density at radius 2 is 2.00 bits per heavy atom. The van der Waals surface area contributed by atoms with Gasteiger partial charge in [-0.05, 0) is 34.8 Å². The molecule has 1 fully saturated rings. The number of nitrogens with zero attached hydrogens (tertiary/aromatic N) is 1. The van der Waals surface area contributed by atoms with E-state index in [0.29, 0.717) is 21.3 Å². The van der Waals surface area contributed by atoms with E-state index in [9.17, 15) is 0 Å². The highest BCUT2D eigenvalue weighted by Crippen LogP contribution is 2.13. The molecule has 1 aromatic heterocycles. The third-order valence-corrected chi connectivity index (χ3v) is 2.82. The number of alkyl halides is 1. The van der Waals surface area contributed by atoms with Gasteiger partial charge in [-0.1, -0.05) is 27.9 Å². The third kappa shape index (κ3) is 9.91. The Morgan fingerprint density at radius 3 is 2.32 bits per heavy atom. The van der Waals surface area contributed by atoms with E-state index in [0.717, 1.165) is 13.2 Å². The highest BCUT2D eigenvalue weighted by molar-refractivity contribution is 9.10. The molecule has 0 saturated carbocycles. The fourth-order valence-electron chi connectivity index (χ4n) is 1.12. The van der Waals surface area contributed by atoms with Crippen molar-refractivity contribution in [3.8, 4) is 12.3 Å². The number of nitrogens with two attached hydrogens (primary N) is 1. The zero-order valence-corrected chi connectivity index (χ0v) is 13.8. The van der Waals surface area contributed by atoms with E-state index in [1.807, 2.05) is 0 Å². The van der Waals surface area contributed by atoms with E-state index in [4.69, 9.17) is 22.0 Å². The molecule has 0 atom stereocenters. The van der Waals surface area contributed by atoms with E-state index < -0.39 is 0 Å². The standard InChI is InChI=1S/C6H7BrN2O.C4H8O.C3H3Br/c7-5-2-1-4(3-10)6(8)9-5;1-2-4-5-3-1;1-2-3-4/h1-2,10H,3H2,(H2,8,9);1-4H2;1H,3H2. The lowest BCUT2D eigenvalue weighted by Gasteiger charge is -1.99. The first kappa shape index (κ1) is 18.4. The summed E-state index contributed by atoms with van der Waals surface area (Å²) in [5.41, 5.74) is 6.09. The normalized spacial score (nSPS) is 12.5. The molecule has 0 amide bonds. The lowest BCUT2D eigenvalue weighted by atomic mass is 10.3. The smallest absolute Gasteiger partial charge is 0.130 e. The summed E-state index contributed by atoms with van der Waals surface area (Å²) in [5.74, 6) is 2.72. The molecule has 0 bridgehead atoms. The van der Waals surface area contributed by atoms with Crippen LogP contribution in [0.25, 0.3) is 0 Å². The number of rotatable bonds is 1. The van der Waals surface area contributed by atoms with Crippen molar-refractivity contribution in [1.82, 2.24) is 4.98 Å². The molecule has 0 spiro atoms. The van der Waals surface area contributed by atoms with E-state index in [1.165, 1.54) is 12.8 Å². The zero-order valence-electron chi connectivity index (χ0n) is 10.6. The number of halogens is 2.